The number of rotatable bonds is 4. The minimum absolute atomic E-state index is 0.000706. The van der Waals surface area contributed by atoms with Crippen LogP contribution < -0.4 is 5.32 Å². The number of carbonyl (C=O) groups is 3. The SMILES string of the molecule is CC(=O)Nc1ccc2cnn(CC3(O)CCN(C(=O)[C@H]4CC(=O)N(C)C4)CC3)c2c1. The van der Waals surface area contributed by atoms with Crippen LogP contribution in [0.5, 0.6) is 0 Å². The fourth-order valence-electron chi connectivity index (χ4n) is 4.34. The summed E-state index contributed by atoms with van der Waals surface area (Å²) in [6.45, 7) is 3.15. The number of hydrogen-bond acceptors (Lipinski definition) is 5. The molecule has 160 valence electrons. The van der Waals surface area contributed by atoms with Gasteiger partial charge in [0.05, 0.1) is 29.8 Å². The second-order valence-corrected chi connectivity index (χ2v) is 8.48. The highest BCUT2D eigenvalue weighted by Gasteiger charge is 2.39. The molecular weight excluding hydrogens is 386 g/mol. The van der Waals surface area contributed by atoms with Crippen LogP contribution in [0, 0.1) is 5.92 Å². The molecule has 0 radical (unpaired) electrons. The van der Waals surface area contributed by atoms with E-state index in [1.54, 1.807) is 27.7 Å². The number of hydrogen-bond donors (Lipinski definition) is 2. The van der Waals surface area contributed by atoms with Crippen molar-refractivity contribution >= 4 is 34.3 Å². The highest BCUT2D eigenvalue weighted by molar-refractivity contribution is 5.92. The Morgan fingerprint density at radius 1 is 1.30 bits per heavy atom. The van der Waals surface area contributed by atoms with Gasteiger partial charge in [0.1, 0.15) is 0 Å². The van der Waals surface area contributed by atoms with E-state index in [-0.39, 0.29) is 30.1 Å². The molecule has 3 amide bonds. The smallest absolute Gasteiger partial charge is 0.227 e. The Morgan fingerprint density at radius 3 is 2.67 bits per heavy atom. The van der Waals surface area contributed by atoms with Gasteiger partial charge in [-0.05, 0) is 31.0 Å². The number of nitrogens with one attached hydrogen (secondary N) is 1. The second kappa shape index (κ2) is 7.71. The van der Waals surface area contributed by atoms with E-state index in [4.69, 9.17) is 0 Å². The minimum Gasteiger partial charge on any atom is -0.388 e. The Balaban J connectivity index is 1.42. The van der Waals surface area contributed by atoms with Crippen molar-refractivity contribution < 1.29 is 19.5 Å². The molecule has 2 aliphatic heterocycles. The number of likely N-dealkylation sites (tertiary alicyclic amines) is 2. The van der Waals surface area contributed by atoms with Crippen LogP contribution in [-0.2, 0) is 20.9 Å². The zero-order valence-electron chi connectivity index (χ0n) is 17.3. The molecule has 2 aliphatic rings. The number of benzene rings is 1. The van der Waals surface area contributed by atoms with Crippen molar-refractivity contribution in [2.75, 3.05) is 32.0 Å². The van der Waals surface area contributed by atoms with Crippen molar-refractivity contribution in [3.05, 3.63) is 24.4 Å². The molecule has 2 fully saturated rings. The lowest BCUT2D eigenvalue weighted by molar-refractivity contribution is -0.140. The lowest BCUT2D eigenvalue weighted by atomic mass is 9.90. The Kier molecular flexibility index (Phi) is 5.23. The maximum atomic E-state index is 12.7. The monoisotopic (exact) mass is 413 g/mol. The van der Waals surface area contributed by atoms with Crippen LogP contribution in [-0.4, -0.2) is 74.7 Å². The van der Waals surface area contributed by atoms with Crippen LogP contribution in [0.1, 0.15) is 26.2 Å². The first-order chi connectivity index (χ1) is 14.2. The lowest BCUT2D eigenvalue weighted by Crippen LogP contribution is -2.50. The van der Waals surface area contributed by atoms with E-state index in [2.05, 4.69) is 10.4 Å². The quantitative estimate of drug-likeness (QED) is 0.772. The molecule has 4 rings (SSSR count). The van der Waals surface area contributed by atoms with Gasteiger partial charge in [0.25, 0.3) is 0 Å². The number of aromatic nitrogens is 2. The van der Waals surface area contributed by atoms with Crippen molar-refractivity contribution in [1.29, 1.82) is 0 Å². The predicted octanol–water partition coefficient (Wildman–Crippen LogP) is 0.826. The zero-order valence-corrected chi connectivity index (χ0v) is 17.3. The third kappa shape index (κ3) is 4.02. The highest BCUT2D eigenvalue weighted by Crippen LogP contribution is 2.29. The number of piperidine rings is 1. The van der Waals surface area contributed by atoms with Gasteiger partial charge in [-0.1, -0.05) is 0 Å². The molecule has 9 nitrogen and oxygen atoms in total. The topological polar surface area (TPSA) is 108 Å². The summed E-state index contributed by atoms with van der Waals surface area (Å²) in [5, 5.41) is 19.2. The first kappa shape index (κ1) is 20.3. The van der Waals surface area contributed by atoms with E-state index >= 15 is 0 Å². The highest BCUT2D eigenvalue weighted by atomic mass is 16.3. The summed E-state index contributed by atoms with van der Waals surface area (Å²) in [5.41, 5.74) is 0.545. The van der Waals surface area contributed by atoms with Crippen LogP contribution in [0.25, 0.3) is 10.9 Å². The molecule has 0 bridgehead atoms. The first-order valence-electron chi connectivity index (χ1n) is 10.2. The van der Waals surface area contributed by atoms with Crippen molar-refractivity contribution in [3.63, 3.8) is 0 Å². The van der Waals surface area contributed by atoms with Gasteiger partial charge in [0, 0.05) is 51.1 Å². The van der Waals surface area contributed by atoms with Gasteiger partial charge in [-0.2, -0.15) is 5.10 Å². The molecule has 1 aromatic heterocycles. The van der Waals surface area contributed by atoms with Crippen molar-refractivity contribution in [2.24, 2.45) is 5.92 Å². The molecule has 2 N–H and O–H groups in total. The molecule has 30 heavy (non-hydrogen) atoms. The average molecular weight is 413 g/mol. The summed E-state index contributed by atoms with van der Waals surface area (Å²) in [6.07, 6.45) is 2.90. The standard InChI is InChI=1S/C21H27N5O4/c1-14(27)23-17-4-3-15-11-22-26(18(15)10-17)13-21(30)5-7-25(8-6-21)20(29)16-9-19(28)24(2)12-16/h3-4,10-11,16,30H,5-9,12-13H2,1-2H3,(H,23,27)/t16-/m0/s1. The Labute approximate surface area is 174 Å². The van der Waals surface area contributed by atoms with E-state index in [1.165, 1.54) is 6.92 Å². The van der Waals surface area contributed by atoms with E-state index < -0.39 is 5.60 Å². The summed E-state index contributed by atoms with van der Waals surface area (Å²) < 4.78 is 1.75. The summed E-state index contributed by atoms with van der Waals surface area (Å²) >= 11 is 0. The third-order valence-corrected chi connectivity index (χ3v) is 6.11. The number of carbonyl (C=O) groups excluding carboxylic acids is 3. The molecule has 2 saturated heterocycles. The number of amides is 3. The zero-order chi connectivity index (χ0) is 21.5. The van der Waals surface area contributed by atoms with E-state index in [9.17, 15) is 19.5 Å². The van der Waals surface area contributed by atoms with Crippen LogP contribution in [0.4, 0.5) is 5.69 Å². The van der Waals surface area contributed by atoms with E-state index in [1.807, 2.05) is 18.2 Å². The third-order valence-electron chi connectivity index (χ3n) is 6.11. The van der Waals surface area contributed by atoms with Crippen LogP contribution >= 0.6 is 0 Å². The number of anilines is 1. The van der Waals surface area contributed by atoms with Crippen molar-refractivity contribution in [2.45, 2.75) is 38.3 Å². The normalized spacial score (nSPS) is 21.3. The molecule has 0 saturated carbocycles. The molecule has 0 aliphatic carbocycles. The van der Waals surface area contributed by atoms with E-state index in [0.29, 0.717) is 44.7 Å². The summed E-state index contributed by atoms with van der Waals surface area (Å²) in [7, 11) is 1.72. The van der Waals surface area contributed by atoms with Gasteiger partial charge in [0.2, 0.25) is 17.7 Å². The largest absolute Gasteiger partial charge is 0.388 e. The maximum Gasteiger partial charge on any atom is 0.227 e. The van der Waals surface area contributed by atoms with Gasteiger partial charge in [-0.3, -0.25) is 19.1 Å². The fourth-order valence-corrected chi connectivity index (χ4v) is 4.34. The maximum absolute atomic E-state index is 12.7. The summed E-state index contributed by atoms with van der Waals surface area (Å²) in [6, 6.07) is 5.55. The summed E-state index contributed by atoms with van der Waals surface area (Å²) in [4.78, 5) is 39.2. The fraction of sp³-hybridized carbons (Fsp3) is 0.524. The molecule has 3 heterocycles. The molecule has 0 unspecified atom stereocenters. The molecule has 0 spiro atoms. The summed E-state index contributed by atoms with van der Waals surface area (Å²) in [5.74, 6) is -0.424. The first-order valence-corrected chi connectivity index (χ1v) is 10.2. The lowest BCUT2D eigenvalue weighted by Gasteiger charge is -2.39. The van der Waals surface area contributed by atoms with Gasteiger partial charge in [0.15, 0.2) is 0 Å². The molecule has 1 aromatic carbocycles. The van der Waals surface area contributed by atoms with Gasteiger partial charge >= 0.3 is 0 Å². The minimum atomic E-state index is -0.970. The second-order valence-electron chi connectivity index (χ2n) is 8.48. The van der Waals surface area contributed by atoms with Gasteiger partial charge in [-0.25, -0.2) is 0 Å². The van der Waals surface area contributed by atoms with Gasteiger partial charge in [-0.15, -0.1) is 0 Å². The van der Waals surface area contributed by atoms with Crippen LogP contribution in [0.3, 0.4) is 0 Å². The van der Waals surface area contributed by atoms with Crippen LogP contribution in [0.15, 0.2) is 24.4 Å². The molecule has 2 aromatic rings. The number of fused-ring (bicyclic) bond motifs is 1. The number of nitrogens with zero attached hydrogens (tertiary/aromatic N) is 4. The van der Waals surface area contributed by atoms with Gasteiger partial charge < -0.3 is 20.2 Å². The molecule has 1 atom stereocenters. The predicted molar refractivity (Wildman–Crippen MR) is 111 cm³/mol. The number of aliphatic hydroxyl groups is 1. The van der Waals surface area contributed by atoms with E-state index in [0.717, 1.165) is 10.9 Å². The van der Waals surface area contributed by atoms with Crippen LogP contribution in [0.2, 0.25) is 0 Å². The molecule has 9 heteroatoms. The van der Waals surface area contributed by atoms with Crippen molar-refractivity contribution in [3.8, 4) is 0 Å². The average Bonchev–Trinajstić information content (AvgIpc) is 3.24. The molecular formula is C21H27N5O4. The Morgan fingerprint density at radius 2 is 2.03 bits per heavy atom. The van der Waals surface area contributed by atoms with Crippen molar-refractivity contribution in [1.82, 2.24) is 19.6 Å². The Hall–Kier alpha value is -2.94. The Bertz CT molecular complexity index is 992.